The molecule has 1 saturated carbocycles. The van der Waals surface area contributed by atoms with Crippen molar-refractivity contribution in [3.05, 3.63) is 11.9 Å². The largest absolute Gasteiger partial charge is 0.396 e. The van der Waals surface area contributed by atoms with Crippen molar-refractivity contribution in [2.24, 2.45) is 11.8 Å². The number of nitrogens with one attached hydrogen (secondary N) is 2. The molecule has 1 aromatic rings. The number of nitrogen functional groups attached to an aromatic ring is 1. The van der Waals surface area contributed by atoms with Crippen LogP contribution in [0.4, 0.5) is 11.6 Å². The van der Waals surface area contributed by atoms with Crippen LogP contribution in [0, 0.1) is 5.92 Å². The van der Waals surface area contributed by atoms with E-state index in [2.05, 4.69) is 20.7 Å². The Morgan fingerprint density at radius 2 is 2.11 bits per heavy atom. The third-order valence-electron chi connectivity index (χ3n) is 3.63. The lowest BCUT2D eigenvalue weighted by atomic mass is 10.1. The van der Waals surface area contributed by atoms with Gasteiger partial charge in [0.2, 0.25) is 0 Å². The maximum Gasteiger partial charge on any atom is 0.145 e. The standard InChI is InChI=1S/C13H23N5O/c1-8(2)13-16-11(6-12(17-13)18-14)15-10-5-3-4-9(10)7-19/h6,8-10,19H,3-5,7,14H2,1-2H3,(H2,15,16,17,18). The zero-order valence-corrected chi connectivity index (χ0v) is 11.6. The van der Waals surface area contributed by atoms with Gasteiger partial charge >= 0.3 is 0 Å². The molecule has 6 nitrogen and oxygen atoms in total. The molecule has 0 saturated heterocycles. The molecule has 1 aromatic heterocycles. The van der Waals surface area contributed by atoms with E-state index in [1.165, 1.54) is 0 Å². The van der Waals surface area contributed by atoms with Crippen molar-refractivity contribution in [1.82, 2.24) is 9.97 Å². The summed E-state index contributed by atoms with van der Waals surface area (Å²) in [4.78, 5) is 8.84. The van der Waals surface area contributed by atoms with Gasteiger partial charge in [0, 0.05) is 30.6 Å². The fraction of sp³-hybridized carbons (Fsp3) is 0.692. The number of hydrogen-bond acceptors (Lipinski definition) is 6. The van der Waals surface area contributed by atoms with Gasteiger partial charge in [0.05, 0.1) is 0 Å². The summed E-state index contributed by atoms with van der Waals surface area (Å²) >= 11 is 0. The number of anilines is 2. The van der Waals surface area contributed by atoms with Crippen LogP contribution in [0.15, 0.2) is 6.07 Å². The van der Waals surface area contributed by atoms with Crippen LogP contribution >= 0.6 is 0 Å². The molecule has 0 aliphatic heterocycles. The van der Waals surface area contributed by atoms with Crippen LogP contribution < -0.4 is 16.6 Å². The van der Waals surface area contributed by atoms with E-state index in [4.69, 9.17) is 5.84 Å². The normalized spacial score (nSPS) is 22.8. The summed E-state index contributed by atoms with van der Waals surface area (Å²) in [5.74, 6) is 8.14. The van der Waals surface area contributed by atoms with Gasteiger partial charge in [0.25, 0.3) is 0 Å². The lowest BCUT2D eigenvalue weighted by Gasteiger charge is -2.20. The number of hydrogen-bond donors (Lipinski definition) is 4. The average Bonchev–Trinajstić information content (AvgIpc) is 2.85. The first kappa shape index (κ1) is 14.0. The minimum atomic E-state index is 0.224. The number of nitrogens with zero attached hydrogens (tertiary/aromatic N) is 2. The molecule has 106 valence electrons. The number of aliphatic hydroxyl groups excluding tert-OH is 1. The molecule has 1 aliphatic rings. The summed E-state index contributed by atoms with van der Waals surface area (Å²) in [6.07, 6.45) is 3.28. The van der Waals surface area contributed by atoms with Gasteiger partial charge in [0.15, 0.2) is 0 Å². The first-order valence-corrected chi connectivity index (χ1v) is 6.87. The topological polar surface area (TPSA) is 96.1 Å². The van der Waals surface area contributed by atoms with Gasteiger partial charge in [-0.2, -0.15) is 0 Å². The monoisotopic (exact) mass is 265 g/mol. The number of aromatic nitrogens is 2. The van der Waals surface area contributed by atoms with Crippen molar-refractivity contribution in [2.45, 2.75) is 45.1 Å². The summed E-state index contributed by atoms with van der Waals surface area (Å²) < 4.78 is 0. The summed E-state index contributed by atoms with van der Waals surface area (Å²) in [5.41, 5.74) is 2.57. The van der Waals surface area contributed by atoms with Crippen molar-refractivity contribution in [3.63, 3.8) is 0 Å². The molecule has 19 heavy (non-hydrogen) atoms. The Balaban J connectivity index is 2.17. The Bertz CT molecular complexity index is 423. The highest BCUT2D eigenvalue weighted by Crippen LogP contribution is 2.28. The van der Waals surface area contributed by atoms with E-state index in [9.17, 15) is 5.11 Å². The van der Waals surface area contributed by atoms with Gasteiger partial charge in [-0.05, 0) is 12.8 Å². The van der Waals surface area contributed by atoms with E-state index in [1.807, 2.05) is 13.8 Å². The molecule has 0 amide bonds. The summed E-state index contributed by atoms with van der Waals surface area (Å²) in [6.45, 7) is 4.32. The lowest BCUT2D eigenvalue weighted by molar-refractivity contribution is 0.222. The summed E-state index contributed by atoms with van der Waals surface area (Å²) in [5, 5.41) is 12.8. The fourth-order valence-corrected chi connectivity index (χ4v) is 2.51. The fourth-order valence-electron chi connectivity index (χ4n) is 2.51. The molecule has 0 spiro atoms. The summed E-state index contributed by atoms with van der Waals surface area (Å²) in [6, 6.07) is 2.09. The molecule has 6 heteroatoms. The van der Waals surface area contributed by atoms with Crippen LogP contribution in [-0.2, 0) is 0 Å². The van der Waals surface area contributed by atoms with E-state index in [-0.39, 0.29) is 18.6 Å². The van der Waals surface area contributed by atoms with Crippen molar-refractivity contribution in [1.29, 1.82) is 0 Å². The Hall–Kier alpha value is -1.40. The Morgan fingerprint density at radius 3 is 2.74 bits per heavy atom. The van der Waals surface area contributed by atoms with Crippen LogP contribution in [0.5, 0.6) is 0 Å². The minimum Gasteiger partial charge on any atom is -0.396 e. The minimum absolute atomic E-state index is 0.224. The van der Waals surface area contributed by atoms with Crippen molar-refractivity contribution >= 4 is 11.6 Å². The zero-order chi connectivity index (χ0) is 13.8. The predicted octanol–water partition coefficient (Wildman–Crippen LogP) is 1.46. The Morgan fingerprint density at radius 1 is 1.37 bits per heavy atom. The van der Waals surface area contributed by atoms with Crippen LogP contribution in [0.2, 0.25) is 0 Å². The van der Waals surface area contributed by atoms with E-state index in [0.29, 0.717) is 11.7 Å². The highest BCUT2D eigenvalue weighted by molar-refractivity contribution is 5.48. The molecular formula is C13H23N5O. The molecule has 0 bridgehead atoms. The number of nitrogens with two attached hydrogens (primary N) is 1. The average molecular weight is 265 g/mol. The van der Waals surface area contributed by atoms with Crippen LogP contribution in [0.25, 0.3) is 0 Å². The number of rotatable bonds is 5. The third kappa shape index (κ3) is 3.33. The maximum absolute atomic E-state index is 9.35. The highest BCUT2D eigenvalue weighted by Gasteiger charge is 2.27. The highest BCUT2D eigenvalue weighted by atomic mass is 16.3. The smallest absolute Gasteiger partial charge is 0.145 e. The van der Waals surface area contributed by atoms with Crippen LogP contribution in [0.1, 0.15) is 44.9 Å². The SMILES string of the molecule is CC(C)c1nc(NN)cc(NC2CCCC2CO)n1. The lowest BCUT2D eigenvalue weighted by Crippen LogP contribution is -2.27. The van der Waals surface area contributed by atoms with Gasteiger partial charge in [-0.3, -0.25) is 0 Å². The van der Waals surface area contributed by atoms with Gasteiger partial charge in [0.1, 0.15) is 17.5 Å². The number of hydrazine groups is 1. The van der Waals surface area contributed by atoms with E-state index in [1.54, 1.807) is 6.07 Å². The molecule has 0 radical (unpaired) electrons. The van der Waals surface area contributed by atoms with Crippen LogP contribution in [-0.4, -0.2) is 27.7 Å². The molecular weight excluding hydrogens is 242 g/mol. The first-order valence-electron chi connectivity index (χ1n) is 6.87. The first-order chi connectivity index (χ1) is 9.13. The quantitative estimate of drug-likeness (QED) is 0.475. The Labute approximate surface area is 113 Å². The molecule has 1 heterocycles. The van der Waals surface area contributed by atoms with Crippen LogP contribution in [0.3, 0.4) is 0 Å². The molecule has 1 fully saturated rings. The molecule has 2 unspecified atom stereocenters. The molecule has 5 N–H and O–H groups in total. The number of aliphatic hydroxyl groups is 1. The van der Waals surface area contributed by atoms with Crippen molar-refractivity contribution in [3.8, 4) is 0 Å². The second kappa shape index (κ2) is 6.16. The molecule has 1 aliphatic carbocycles. The third-order valence-corrected chi connectivity index (χ3v) is 3.63. The van der Waals surface area contributed by atoms with Gasteiger partial charge in [-0.15, -0.1) is 0 Å². The molecule has 2 rings (SSSR count). The zero-order valence-electron chi connectivity index (χ0n) is 11.6. The van der Waals surface area contributed by atoms with E-state index in [0.717, 1.165) is 30.9 Å². The maximum atomic E-state index is 9.35. The van der Waals surface area contributed by atoms with Gasteiger partial charge in [-0.25, -0.2) is 15.8 Å². The molecule has 2 atom stereocenters. The van der Waals surface area contributed by atoms with Crippen molar-refractivity contribution in [2.75, 3.05) is 17.3 Å². The van der Waals surface area contributed by atoms with E-state index >= 15 is 0 Å². The summed E-state index contributed by atoms with van der Waals surface area (Å²) in [7, 11) is 0. The predicted molar refractivity (Wildman–Crippen MR) is 75.8 cm³/mol. The van der Waals surface area contributed by atoms with Gasteiger partial charge in [-0.1, -0.05) is 20.3 Å². The Kier molecular flexibility index (Phi) is 4.55. The van der Waals surface area contributed by atoms with Gasteiger partial charge < -0.3 is 15.8 Å². The second-order valence-electron chi connectivity index (χ2n) is 5.42. The second-order valence-corrected chi connectivity index (χ2v) is 5.42. The molecule has 0 aromatic carbocycles. The van der Waals surface area contributed by atoms with E-state index < -0.39 is 0 Å². The van der Waals surface area contributed by atoms with Crippen molar-refractivity contribution < 1.29 is 5.11 Å².